The van der Waals surface area contributed by atoms with Gasteiger partial charge in [-0.2, -0.15) is 0 Å². The number of amides is 1. The minimum Gasteiger partial charge on any atom is -0.481 e. The highest BCUT2D eigenvalue weighted by molar-refractivity contribution is 5.85. The molecule has 0 radical (unpaired) electrons. The van der Waals surface area contributed by atoms with E-state index in [0.29, 0.717) is 25.9 Å². The molecule has 0 saturated heterocycles. The molecule has 4 nitrogen and oxygen atoms in total. The number of carbonyl (C=O) groups is 2. The monoisotopic (exact) mass is 365 g/mol. The molecule has 2 aromatic carbocycles. The molecule has 1 N–H and O–H groups in total. The SMILES string of the molecule is O=C(O)C1CCCCC1C(=O)N(CCc1ccccc1)Cc1ccccc1. The lowest BCUT2D eigenvalue weighted by atomic mass is 9.78. The third-order valence-corrected chi connectivity index (χ3v) is 5.44. The van der Waals surface area contributed by atoms with Crippen molar-refractivity contribution in [3.8, 4) is 0 Å². The summed E-state index contributed by atoms with van der Waals surface area (Å²) in [6.07, 6.45) is 3.86. The fraction of sp³-hybridized carbons (Fsp3) is 0.391. The van der Waals surface area contributed by atoms with E-state index < -0.39 is 17.8 Å². The molecule has 1 saturated carbocycles. The predicted molar refractivity (Wildman–Crippen MR) is 105 cm³/mol. The summed E-state index contributed by atoms with van der Waals surface area (Å²) in [7, 11) is 0. The fourth-order valence-electron chi connectivity index (χ4n) is 3.94. The smallest absolute Gasteiger partial charge is 0.307 e. The summed E-state index contributed by atoms with van der Waals surface area (Å²) in [5, 5.41) is 9.57. The molecule has 0 spiro atoms. The molecule has 27 heavy (non-hydrogen) atoms. The lowest BCUT2D eigenvalue weighted by Gasteiger charge is -2.33. The van der Waals surface area contributed by atoms with Crippen molar-refractivity contribution in [2.24, 2.45) is 11.8 Å². The second-order valence-electron chi connectivity index (χ2n) is 7.32. The third-order valence-electron chi connectivity index (χ3n) is 5.44. The Balaban J connectivity index is 1.76. The molecule has 142 valence electrons. The molecule has 2 aromatic rings. The van der Waals surface area contributed by atoms with Gasteiger partial charge in [-0.05, 0) is 30.4 Å². The average Bonchev–Trinajstić information content (AvgIpc) is 2.72. The van der Waals surface area contributed by atoms with Crippen LogP contribution in [0, 0.1) is 11.8 Å². The number of carboxylic acids is 1. The zero-order valence-electron chi connectivity index (χ0n) is 15.6. The van der Waals surface area contributed by atoms with E-state index in [2.05, 4.69) is 12.1 Å². The van der Waals surface area contributed by atoms with Gasteiger partial charge in [-0.3, -0.25) is 9.59 Å². The molecule has 1 aliphatic carbocycles. The molecule has 4 heteroatoms. The van der Waals surface area contributed by atoms with Gasteiger partial charge in [0.05, 0.1) is 11.8 Å². The molecule has 0 heterocycles. The van der Waals surface area contributed by atoms with E-state index in [9.17, 15) is 14.7 Å². The van der Waals surface area contributed by atoms with Gasteiger partial charge in [-0.1, -0.05) is 73.5 Å². The number of nitrogens with zero attached hydrogens (tertiary/aromatic N) is 1. The topological polar surface area (TPSA) is 57.6 Å². The van der Waals surface area contributed by atoms with Crippen molar-refractivity contribution < 1.29 is 14.7 Å². The first kappa shape index (κ1) is 19.2. The number of aliphatic carboxylic acids is 1. The van der Waals surface area contributed by atoms with Gasteiger partial charge >= 0.3 is 5.97 Å². The molecular formula is C23H27NO3. The molecule has 3 rings (SSSR count). The van der Waals surface area contributed by atoms with Crippen LogP contribution in [0.15, 0.2) is 60.7 Å². The summed E-state index contributed by atoms with van der Waals surface area (Å²) >= 11 is 0. The highest BCUT2D eigenvalue weighted by Gasteiger charge is 2.37. The standard InChI is InChI=1S/C23H27NO3/c25-22(20-13-7-8-14-21(20)23(26)27)24(17-19-11-5-2-6-12-19)16-15-18-9-3-1-4-10-18/h1-6,9-12,20-21H,7-8,13-17H2,(H,26,27). The van der Waals surface area contributed by atoms with Crippen LogP contribution in [0.3, 0.4) is 0 Å². The normalized spacial score (nSPS) is 19.4. The quantitative estimate of drug-likeness (QED) is 0.802. The second-order valence-corrected chi connectivity index (χ2v) is 7.32. The first-order valence-corrected chi connectivity index (χ1v) is 9.74. The number of carbonyl (C=O) groups excluding carboxylic acids is 1. The molecule has 2 unspecified atom stereocenters. The molecule has 1 fully saturated rings. The van der Waals surface area contributed by atoms with Gasteiger partial charge in [-0.25, -0.2) is 0 Å². The molecule has 1 aliphatic rings. The second kappa shape index (κ2) is 9.36. The van der Waals surface area contributed by atoms with Gasteiger partial charge in [0.25, 0.3) is 0 Å². The number of hydrogen-bond donors (Lipinski definition) is 1. The maximum absolute atomic E-state index is 13.3. The van der Waals surface area contributed by atoms with E-state index in [4.69, 9.17) is 0 Å². The van der Waals surface area contributed by atoms with E-state index in [1.807, 2.05) is 53.4 Å². The Morgan fingerprint density at radius 1 is 0.852 bits per heavy atom. The summed E-state index contributed by atoms with van der Waals surface area (Å²) in [6.45, 7) is 1.12. The first-order valence-electron chi connectivity index (χ1n) is 9.74. The molecule has 0 aliphatic heterocycles. The van der Waals surface area contributed by atoms with Gasteiger partial charge in [0, 0.05) is 13.1 Å². The van der Waals surface area contributed by atoms with Crippen LogP contribution in [-0.2, 0) is 22.6 Å². The Kier molecular flexibility index (Phi) is 6.64. The Bertz CT molecular complexity index is 745. The molecule has 1 amide bonds. The van der Waals surface area contributed by atoms with Crippen LogP contribution < -0.4 is 0 Å². The van der Waals surface area contributed by atoms with Crippen molar-refractivity contribution in [3.05, 3.63) is 71.8 Å². The minimum atomic E-state index is -0.837. The van der Waals surface area contributed by atoms with Gasteiger partial charge in [0.2, 0.25) is 5.91 Å². The van der Waals surface area contributed by atoms with Crippen molar-refractivity contribution >= 4 is 11.9 Å². The maximum Gasteiger partial charge on any atom is 0.307 e. The Labute approximate surface area is 160 Å². The van der Waals surface area contributed by atoms with Crippen molar-refractivity contribution in [2.45, 2.75) is 38.6 Å². The summed E-state index contributed by atoms with van der Waals surface area (Å²) in [4.78, 5) is 26.8. The predicted octanol–water partition coefficient (Wildman–Crippen LogP) is 4.15. The largest absolute Gasteiger partial charge is 0.481 e. The van der Waals surface area contributed by atoms with Crippen LogP contribution in [-0.4, -0.2) is 28.4 Å². The van der Waals surface area contributed by atoms with Crippen LogP contribution in [0.1, 0.15) is 36.8 Å². The highest BCUT2D eigenvalue weighted by Crippen LogP contribution is 2.32. The average molecular weight is 365 g/mol. The lowest BCUT2D eigenvalue weighted by molar-refractivity contribution is -0.152. The van der Waals surface area contributed by atoms with Crippen LogP contribution in [0.4, 0.5) is 0 Å². The fourth-order valence-corrected chi connectivity index (χ4v) is 3.94. The van der Waals surface area contributed by atoms with E-state index in [0.717, 1.165) is 24.8 Å². The zero-order chi connectivity index (χ0) is 19.1. The van der Waals surface area contributed by atoms with Gasteiger partial charge in [-0.15, -0.1) is 0 Å². The number of hydrogen-bond acceptors (Lipinski definition) is 2. The number of carboxylic acid groups (broad SMARTS) is 1. The molecule has 2 atom stereocenters. The molecule has 0 bridgehead atoms. The number of rotatable bonds is 7. The Hall–Kier alpha value is -2.62. The van der Waals surface area contributed by atoms with E-state index in [1.165, 1.54) is 5.56 Å². The first-order chi connectivity index (χ1) is 13.1. The van der Waals surface area contributed by atoms with Gasteiger partial charge in [0.15, 0.2) is 0 Å². The van der Waals surface area contributed by atoms with Crippen LogP contribution >= 0.6 is 0 Å². The zero-order valence-corrected chi connectivity index (χ0v) is 15.6. The van der Waals surface area contributed by atoms with E-state index >= 15 is 0 Å². The van der Waals surface area contributed by atoms with Crippen LogP contribution in [0.25, 0.3) is 0 Å². The third kappa shape index (κ3) is 5.19. The highest BCUT2D eigenvalue weighted by atomic mass is 16.4. The van der Waals surface area contributed by atoms with Crippen molar-refractivity contribution in [3.63, 3.8) is 0 Å². The number of benzene rings is 2. The summed E-state index contributed by atoms with van der Waals surface area (Å²) in [6, 6.07) is 20.0. The van der Waals surface area contributed by atoms with Crippen LogP contribution in [0.2, 0.25) is 0 Å². The van der Waals surface area contributed by atoms with Gasteiger partial charge < -0.3 is 10.0 Å². The minimum absolute atomic E-state index is 0.0121. The van der Waals surface area contributed by atoms with E-state index in [-0.39, 0.29) is 5.91 Å². The van der Waals surface area contributed by atoms with Gasteiger partial charge in [0.1, 0.15) is 0 Å². The maximum atomic E-state index is 13.3. The van der Waals surface area contributed by atoms with Crippen molar-refractivity contribution in [1.82, 2.24) is 4.90 Å². The lowest BCUT2D eigenvalue weighted by Crippen LogP contribution is -2.43. The summed E-state index contributed by atoms with van der Waals surface area (Å²) < 4.78 is 0. The van der Waals surface area contributed by atoms with E-state index in [1.54, 1.807) is 0 Å². The summed E-state index contributed by atoms with van der Waals surface area (Å²) in [5.74, 6) is -1.81. The van der Waals surface area contributed by atoms with Crippen molar-refractivity contribution in [2.75, 3.05) is 6.54 Å². The van der Waals surface area contributed by atoms with Crippen molar-refractivity contribution in [1.29, 1.82) is 0 Å². The Morgan fingerprint density at radius 3 is 2.00 bits per heavy atom. The molecular weight excluding hydrogens is 338 g/mol. The summed E-state index contributed by atoms with van der Waals surface area (Å²) in [5.41, 5.74) is 2.25. The van der Waals surface area contributed by atoms with Crippen LogP contribution in [0.5, 0.6) is 0 Å². The molecule has 0 aromatic heterocycles. The Morgan fingerprint density at radius 2 is 1.41 bits per heavy atom.